The van der Waals surface area contributed by atoms with Gasteiger partial charge in [-0.25, -0.2) is 4.98 Å². The molecule has 0 bridgehead atoms. The summed E-state index contributed by atoms with van der Waals surface area (Å²) in [4.78, 5) is 40.9. The summed E-state index contributed by atoms with van der Waals surface area (Å²) < 4.78 is 6.89. The van der Waals surface area contributed by atoms with Gasteiger partial charge in [0.15, 0.2) is 0 Å². The second kappa shape index (κ2) is 7.27. The number of ether oxygens (including phenoxy) is 1. The molecule has 180 valence electrons. The van der Waals surface area contributed by atoms with Crippen molar-refractivity contribution in [3.8, 4) is 5.88 Å². The molecular formula is C25H27N7O3. The zero-order valence-electron chi connectivity index (χ0n) is 20.2. The topological polar surface area (TPSA) is 96.7 Å². The maximum atomic E-state index is 13.3. The molecule has 3 aliphatic heterocycles. The number of hydrogen-bond donors (Lipinski definition) is 0. The highest BCUT2D eigenvalue weighted by atomic mass is 16.5. The highest BCUT2D eigenvalue weighted by Crippen LogP contribution is 2.45. The normalized spacial score (nSPS) is 19.4. The molecule has 6 rings (SSSR count). The fraction of sp³-hybridized carbons (Fsp3) is 0.400. The van der Waals surface area contributed by atoms with Crippen molar-refractivity contribution in [1.82, 2.24) is 24.6 Å². The van der Waals surface area contributed by atoms with E-state index in [0.29, 0.717) is 22.8 Å². The molecule has 0 aromatic carbocycles. The van der Waals surface area contributed by atoms with E-state index in [9.17, 15) is 9.59 Å². The molecule has 2 saturated heterocycles. The lowest BCUT2D eigenvalue weighted by molar-refractivity contribution is -0.0112. The number of hydrogen-bond acceptors (Lipinski definition) is 7. The zero-order valence-corrected chi connectivity index (χ0v) is 20.2. The van der Waals surface area contributed by atoms with Crippen LogP contribution in [0.1, 0.15) is 40.4 Å². The van der Waals surface area contributed by atoms with Gasteiger partial charge in [0.25, 0.3) is 11.8 Å². The van der Waals surface area contributed by atoms with Crippen LogP contribution in [0.5, 0.6) is 5.88 Å². The Morgan fingerprint density at radius 1 is 1.06 bits per heavy atom. The number of amides is 2. The summed E-state index contributed by atoms with van der Waals surface area (Å²) in [5.74, 6) is 0.417. The van der Waals surface area contributed by atoms with Crippen LogP contribution in [-0.4, -0.2) is 69.8 Å². The fourth-order valence-electron chi connectivity index (χ4n) is 5.62. The van der Waals surface area contributed by atoms with Crippen molar-refractivity contribution in [3.05, 3.63) is 59.8 Å². The third kappa shape index (κ3) is 3.12. The Kier molecular flexibility index (Phi) is 4.48. The van der Waals surface area contributed by atoms with Gasteiger partial charge in [0.1, 0.15) is 5.69 Å². The predicted octanol–water partition coefficient (Wildman–Crippen LogP) is 2.08. The van der Waals surface area contributed by atoms with Gasteiger partial charge in [-0.3, -0.25) is 24.2 Å². The molecule has 2 fully saturated rings. The molecule has 3 aliphatic rings. The second-order valence-corrected chi connectivity index (χ2v) is 10.2. The van der Waals surface area contributed by atoms with Crippen molar-refractivity contribution in [2.45, 2.75) is 19.4 Å². The molecule has 10 heteroatoms. The highest BCUT2D eigenvalue weighted by Gasteiger charge is 2.54. The molecule has 0 unspecified atom stereocenters. The number of methoxy groups -OCH3 is 1. The Hall–Kier alpha value is -3.95. The smallest absolute Gasteiger partial charge is 0.272 e. The SMILES string of the molecule is COc1ccc2c(n1)C(C)(C)N(c1cncc(N3CC4(CN(C(=O)c5ccnn5C)C4)C3)c1)C2=O. The van der Waals surface area contributed by atoms with Gasteiger partial charge in [0, 0.05) is 50.9 Å². The summed E-state index contributed by atoms with van der Waals surface area (Å²) in [6.45, 7) is 7.14. The van der Waals surface area contributed by atoms with Crippen molar-refractivity contribution in [1.29, 1.82) is 0 Å². The van der Waals surface area contributed by atoms with E-state index in [2.05, 4.69) is 20.0 Å². The number of carbonyl (C=O) groups is 2. The number of carbonyl (C=O) groups excluding carboxylic acids is 2. The molecular weight excluding hydrogens is 446 g/mol. The molecule has 3 aromatic rings. The Balaban J connectivity index is 1.17. The number of aromatic nitrogens is 4. The number of fused-ring (bicyclic) bond motifs is 1. The maximum absolute atomic E-state index is 13.3. The van der Waals surface area contributed by atoms with Gasteiger partial charge in [-0.15, -0.1) is 0 Å². The van der Waals surface area contributed by atoms with E-state index >= 15 is 0 Å². The van der Waals surface area contributed by atoms with Crippen LogP contribution in [0, 0.1) is 5.41 Å². The minimum absolute atomic E-state index is 0.0253. The summed E-state index contributed by atoms with van der Waals surface area (Å²) in [6, 6.07) is 7.25. The van der Waals surface area contributed by atoms with E-state index in [1.165, 1.54) is 0 Å². The lowest BCUT2D eigenvalue weighted by Crippen LogP contribution is -2.73. The molecule has 0 radical (unpaired) electrons. The van der Waals surface area contributed by atoms with Crippen LogP contribution in [0.3, 0.4) is 0 Å². The molecule has 3 aromatic heterocycles. The van der Waals surface area contributed by atoms with E-state index in [1.54, 1.807) is 54.3 Å². The van der Waals surface area contributed by atoms with Crippen LogP contribution in [-0.2, 0) is 12.6 Å². The first-order chi connectivity index (χ1) is 16.7. The molecule has 1 spiro atoms. The lowest BCUT2D eigenvalue weighted by atomic mass is 9.72. The number of anilines is 2. The van der Waals surface area contributed by atoms with E-state index in [4.69, 9.17) is 4.74 Å². The van der Waals surface area contributed by atoms with Crippen molar-refractivity contribution >= 4 is 23.2 Å². The van der Waals surface area contributed by atoms with Gasteiger partial charge in [-0.2, -0.15) is 5.10 Å². The van der Waals surface area contributed by atoms with Crippen LogP contribution in [0.2, 0.25) is 0 Å². The summed E-state index contributed by atoms with van der Waals surface area (Å²) in [5.41, 5.74) is 3.06. The molecule has 0 aliphatic carbocycles. The molecule has 6 heterocycles. The highest BCUT2D eigenvalue weighted by molar-refractivity contribution is 6.11. The number of pyridine rings is 2. The Morgan fingerprint density at radius 2 is 1.80 bits per heavy atom. The van der Waals surface area contributed by atoms with E-state index in [1.807, 2.05) is 31.0 Å². The van der Waals surface area contributed by atoms with Crippen LogP contribution in [0.25, 0.3) is 0 Å². The monoisotopic (exact) mass is 473 g/mol. The van der Waals surface area contributed by atoms with Gasteiger partial charge in [-0.1, -0.05) is 0 Å². The average molecular weight is 474 g/mol. The van der Waals surface area contributed by atoms with E-state index < -0.39 is 5.54 Å². The first-order valence-corrected chi connectivity index (χ1v) is 11.6. The number of likely N-dealkylation sites (tertiary alicyclic amines) is 1. The van der Waals surface area contributed by atoms with Crippen molar-refractivity contribution < 1.29 is 14.3 Å². The van der Waals surface area contributed by atoms with Crippen LogP contribution < -0.4 is 14.5 Å². The summed E-state index contributed by atoms with van der Waals surface area (Å²) in [6.07, 6.45) is 5.19. The summed E-state index contributed by atoms with van der Waals surface area (Å²) in [7, 11) is 3.35. The van der Waals surface area contributed by atoms with Crippen molar-refractivity contribution in [2.75, 3.05) is 43.1 Å². The largest absolute Gasteiger partial charge is 0.481 e. The Bertz CT molecular complexity index is 1350. The van der Waals surface area contributed by atoms with Gasteiger partial charge in [-0.05, 0) is 32.0 Å². The van der Waals surface area contributed by atoms with Crippen LogP contribution >= 0.6 is 0 Å². The number of aryl methyl sites for hydroxylation is 1. The molecule has 2 amide bonds. The number of rotatable bonds is 4. The second-order valence-electron chi connectivity index (χ2n) is 10.2. The van der Waals surface area contributed by atoms with E-state index in [0.717, 1.165) is 37.6 Å². The minimum Gasteiger partial charge on any atom is -0.481 e. The molecule has 0 N–H and O–H groups in total. The third-order valence-corrected chi connectivity index (χ3v) is 7.42. The van der Waals surface area contributed by atoms with Crippen LogP contribution in [0.4, 0.5) is 11.4 Å². The molecule has 0 saturated carbocycles. The predicted molar refractivity (Wildman–Crippen MR) is 129 cm³/mol. The Morgan fingerprint density at radius 3 is 2.49 bits per heavy atom. The fourth-order valence-corrected chi connectivity index (χ4v) is 5.62. The Labute approximate surface area is 203 Å². The van der Waals surface area contributed by atoms with Crippen molar-refractivity contribution in [2.24, 2.45) is 12.5 Å². The first-order valence-electron chi connectivity index (χ1n) is 11.6. The zero-order chi connectivity index (χ0) is 24.5. The van der Waals surface area contributed by atoms with Gasteiger partial charge in [0.05, 0.1) is 47.7 Å². The van der Waals surface area contributed by atoms with Crippen LogP contribution in [0.15, 0.2) is 42.9 Å². The van der Waals surface area contributed by atoms with E-state index in [-0.39, 0.29) is 17.2 Å². The summed E-state index contributed by atoms with van der Waals surface area (Å²) in [5, 5.41) is 4.09. The lowest BCUT2D eigenvalue weighted by Gasteiger charge is -2.60. The molecule has 0 atom stereocenters. The van der Waals surface area contributed by atoms with Crippen molar-refractivity contribution in [3.63, 3.8) is 0 Å². The van der Waals surface area contributed by atoms with Gasteiger partial charge >= 0.3 is 0 Å². The minimum atomic E-state index is -0.641. The quantitative estimate of drug-likeness (QED) is 0.572. The standard InChI is InChI=1S/C25H27N7O3/c1-24(2)21-18(5-6-20(28-21)35-4)22(33)32(24)17-9-16(10-26-11-17)30-12-25(13-30)14-31(15-25)23(34)19-7-8-27-29(19)3/h5-11H,12-15H2,1-4H3. The first kappa shape index (κ1) is 21.6. The molecule has 35 heavy (non-hydrogen) atoms. The average Bonchev–Trinajstić information content (AvgIpc) is 3.30. The number of nitrogens with zero attached hydrogens (tertiary/aromatic N) is 7. The van der Waals surface area contributed by atoms with Gasteiger partial charge < -0.3 is 14.5 Å². The molecule has 10 nitrogen and oxygen atoms in total. The summed E-state index contributed by atoms with van der Waals surface area (Å²) >= 11 is 0. The van der Waals surface area contributed by atoms with Gasteiger partial charge in [0.2, 0.25) is 5.88 Å². The maximum Gasteiger partial charge on any atom is 0.272 e. The third-order valence-electron chi connectivity index (χ3n) is 7.42.